The van der Waals surface area contributed by atoms with Crippen molar-refractivity contribution in [3.63, 3.8) is 0 Å². The van der Waals surface area contributed by atoms with Crippen molar-refractivity contribution in [2.75, 3.05) is 0 Å². The molecule has 0 aromatic rings. The molecule has 0 spiro atoms. The van der Waals surface area contributed by atoms with Crippen LogP contribution in [0.5, 0.6) is 0 Å². The minimum atomic E-state index is -0.0320. The van der Waals surface area contributed by atoms with E-state index in [1.807, 2.05) is 0 Å². The van der Waals surface area contributed by atoms with Crippen molar-refractivity contribution in [3.8, 4) is 0 Å². The summed E-state index contributed by atoms with van der Waals surface area (Å²) in [5.74, 6) is 0.807. The zero-order valence-electron chi connectivity index (χ0n) is 11.0. The standard InChI is InChI=1S/C14H27NO/c1-10-8-14(2,3)9-13(10)15-11-4-6-12(16)7-5-11/h10-13,15-16H,4-9H2,1-3H3. The predicted octanol–water partition coefficient (Wildman–Crippen LogP) is 2.70. The van der Waals surface area contributed by atoms with Crippen molar-refractivity contribution >= 4 is 0 Å². The molecule has 2 N–H and O–H groups in total. The molecule has 2 aliphatic carbocycles. The van der Waals surface area contributed by atoms with Crippen LogP contribution in [0.1, 0.15) is 59.3 Å². The van der Waals surface area contributed by atoms with Crippen LogP contribution in [0.3, 0.4) is 0 Å². The van der Waals surface area contributed by atoms with Gasteiger partial charge in [-0.1, -0.05) is 20.8 Å². The average molecular weight is 225 g/mol. The van der Waals surface area contributed by atoms with Crippen molar-refractivity contribution in [2.24, 2.45) is 11.3 Å². The maximum atomic E-state index is 9.50. The molecule has 0 heterocycles. The summed E-state index contributed by atoms with van der Waals surface area (Å²) in [5, 5.41) is 13.3. The van der Waals surface area contributed by atoms with E-state index < -0.39 is 0 Å². The molecule has 0 aromatic heterocycles. The first-order valence-electron chi connectivity index (χ1n) is 6.90. The van der Waals surface area contributed by atoms with Gasteiger partial charge in [-0.3, -0.25) is 0 Å². The van der Waals surface area contributed by atoms with Gasteiger partial charge < -0.3 is 10.4 Å². The quantitative estimate of drug-likeness (QED) is 0.757. The molecule has 0 saturated heterocycles. The van der Waals surface area contributed by atoms with E-state index in [1.165, 1.54) is 12.8 Å². The summed E-state index contributed by atoms with van der Waals surface area (Å²) in [4.78, 5) is 0. The van der Waals surface area contributed by atoms with Crippen molar-refractivity contribution in [2.45, 2.75) is 77.5 Å². The van der Waals surface area contributed by atoms with Crippen molar-refractivity contribution in [1.29, 1.82) is 0 Å². The Balaban J connectivity index is 1.82. The molecule has 2 aliphatic rings. The monoisotopic (exact) mass is 225 g/mol. The molecule has 0 radical (unpaired) electrons. The molecule has 0 bridgehead atoms. The van der Waals surface area contributed by atoms with E-state index in [9.17, 15) is 5.11 Å². The van der Waals surface area contributed by atoms with E-state index in [0.29, 0.717) is 17.5 Å². The van der Waals surface area contributed by atoms with Crippen LogP contribution in [-0.4, -0.2) is 23.3 Å². The van der Waals surface area contributed by atoms with E-state index in [0.717, 1.165) is 31.6 Å². The number of aliphatic hydroxyl groups excluding tert-OH is 1. The van der Waals surface area contributed by atoms with Gasteiger partial charge in [0, 0.05) is 12.1 Å². The summed E-state index contributed by atoms with van der Waals surface area (Å²) in [6.07, 6.45) is 6.92. The zero-order valence-corrected chi connectivity index (χ0v) is 11.0. The third-order valence-electron chi connectivity index (χ3n) is 4.48. The molecule has 0 aliphatic heterocycles. The highest BCUT2D eigenvalue weighted by Gasteiger charge is 2.37. The van der Waals surface area contributed by atoms with Crippen LogP contribution in [0.4, 0.5) is 0 Å². The summed E-state index contributed by atoms with van der Waals surface area (Å²) in [6.45, 7) is 7.15. The first-order valence-corrected chi connectivity index (χ1v) is 6.90. The Kier molecular flexibility index (Phi) is 3.60. The molecule has 2 rings (SSSR count). The average Bonchev–Trinajstić information content (AvgIpc) is 2.44. The normalized spacial score (nSPS) is 43.5. The van der Waals surface area contributed by atoms with Crippen molar-refractivity contribution < 1.29 is 5.11 Å². The highest BCUT2D eigenvalue weighted by atomic mass is 16.3. The molecule has 2 heteroatoms. The van der Waals surface area contributed by atoms with Gasteiger partial charge in [-0.25, -0.2) is 0 Å². The fourth-order valence-electron chi connectivity index (χ4n) is 3.66. The van der Waals surface area contributed by atoms with Gasteiger partial charge in [-0.2, -0.15) is 0 Å². The van der Waals surface area contributed by atoms with Gasteiger partial charge in [0.15, 0.2) is 0 Å². The topological polar surface area (TPSA) is 32.3 Å². The lowest BCUT2D eigenvalue weighted by Gasteiger charge is -2.30. The number of nitrogens with one attached hydrogen (secondary N) is 1. The predicted molar refractivity (Wildman–Crippen MR) is 67.4 cm³/mol. The summed E-state index contributed by atoms with van der Waals surface area (Å²) in [6, 6.07) is 1.36. The fraction of sp³-hybridized carbons (Fsp3) is 1.00. The first-order chi connectivity index (χ1) is 7.46. The van der Waals surface area contributed by atoms with Gasteiger partial charge in [-0.15, -0.1) is 0 Å². The Labute approximate surface area is 99.8 Å². The van der Waals surface area contributed by atoms with E-state index in [4.69, 9.17) is 0 Å². The van der Waals surface area contributed by atoms with Crippen molar-refractivity contribution in [3.05, 3.63) is 0 Å². The molecular weight excluding hydrogens is 198 g/mol. The minimum Gasteiger partial charge on any atom is -0.393 e. The van der Waals surface area contributed by atoms with Crippen LogP contribution >= 0.6 is 0 Å². The second-order valence-corrected chi connectivity index (χ2v) is 6.83. The Hall–Kier alpha value is -0.0800. The van der Waals surface area contributed by atoms with Crippen LogP contribution in [0.2, 0.25) is 0 Å². The number of hydrogen-bond donors (Lipinski definition) is 2. The molecule has 0 aromatic carbocycles. The minimum absolute atomic E-state index is 0.0320. The number of rotatable bonds is 2. The van der Waals surface area contributed by atoms with Gasteiger partial charge in [-0.05, 0) is 49.9 Å². The largest absolute Gasteiger partial charge is 0.393 e. The Bertz CT molecular complexity index is 231. The SMILES string of the molecule is CC1CC(C)(C)CC1NC1CCC(O)CC1. The molecule has 2 saturated carbocycles. The van der Waals surface area contributed by atoms with E-state index in [-0.39, 0.29) is 6.10 Å². The van der Waals surface area contributed by atoms with Crippen LogP contribution in [-0.2, 0) is 0 Å². The highest BCUT2D eigenvalue weighted by Crippen LogP contribution is 2.41. The fourth-order valence-corrected chi connectivity index (χ4v) is 3.66. The van der Waals surface area contributed by atoms with Gasteiger partial charge in [0.1, 0.15) is 0 Å². The van der Waals surface area contributed by atoms with Crippen LogP contribution < -0.4 is 5.32 Å². The Morgan fingerprint density at radius 3 is 2.19 bits per heavy atom. The molecular formula is C14H27NO. The maximum Gasteiger partial charge on any atom is 0.0541 e. The highest BCUT2D eigenvalue weighted by molar-refractivity contribution is 4.93. The Morgan fingerprint density at radius 1 is 1.06 bits per heavy atom. The lowest BCUT2D eigenvalue weighted by molar-refractivity contribution is 0.112. The number of hydrogen-bond acceptors (Lipinski definition) is 2. The van der Waals surface area contributed by atoms with Gasteiger partial charge >= 0.3 is 0 Å². The molecule has 0 amide bonds. The maximum absolute atomic E-state index is 9.50. The first kappa shape index (κ1) is 12.4. The van der Waals surface area contributed by atoms with Crippen LogP contribution in [0.25, 0.3) is 0 Å². The van der Waals surface area contributed by atoms with E-state index in [1.54, 1.807) is 0 Å². The lowest BCUT2D eigenvalue weighted by Crippen LogP contribution is -2.42. The third-order valence-corrected chi connectivity index (χ3v) is 4.48. The number of aliphatic hydroxyl groups is 1. The lowest BCUT2D eigenvalue weighted by atomic mass is 9.90. The zero-order chi connectivity index (χ0) is 11.8. The molecule has 2 atom stereocenters. The smallest absolute Gasteiger partial charge is 0.0541 e. The van der Waals surface area contributed by atoms with Crippen LogP contribution in [0.15, 0.2) is 0 Å². The summed E-state index contributed by atoms with van der Waals surface area (Å²) < 4.78 is 0. The molecule has 2 unspecified atom stereocenters. The Morgan fingerprint density at radius 2 is 1.69 bits per heavy atom. The van der Waals surface area contributed by atoms with Gasteiger partial charge in [0.05, 0.1) is 6.10 Å². The second kappa shape index (κ2) is 4.66. The summed E-state index contributed by atoms with van der Waals surface area (Å²) in [5.41, 5.74) is 0.519. The molecule has 2 nitrogen and oxygen atoms in total. The van der Waals surface area contributed by atoms with Crippen LogP contribution in [0, 0.1) is 11.3 Å². The van der Waals surface area contributed by atoms with E-state index >= 15 is 0 Å². The second-order valence-electron chi connectivity index (χ2n) is 6.83. The van der Waals surface area contributed by atoms with Gasteiger partial charge in [0.2, 0.25) is 0 Å². The summed E-state index contributed by atoms with van der Waals surface area (Å²) >= 11 is 0. The molecule has 2 fully saturated rings. The molecule has 16 heavy (non-hydrogen) atoms. The van der Waals surface area contributed by atoms with Crippen molar-refractivity contribution in [1.82, 2.24) is 5.32 Å². The van der Waals surface area contributed by atoms with E-state index in [2.05, 4.69) is 26.1 Å². The summed E-state index contributed by atoms with van der Waals surface area (Å²) in [7, 11) is 0. The van der Waals surface area contributed by atoms with Gasteiger partial charge in [0.25, 0.3) is 0 Å². The molecule has 94 valence electrons. The third kappa shape index (κ3) is 2.98.